The number of esters is 1. The van der Waals surface area contributed by atoms with Crippen LogP contribution in [0.3, 0.4) is 0 Å². The molecule has 10 heteroatoms. The van der Waals surface area contributed by atoms with E-state index in [4.69, 9.17) is 16.2 Å². The third kappa shape index (κ3) is 3.26. The van der Waals surface area contributed by atoms with Gasteiger partial charge >= 0.3 is 11.9 Å². The molecule has 0 radical (unpaired) electrons. The van der Waals surface area contributed by atoms with Gasteiger partial charge in [0.2, 0.25) is 5.95 Å². The van der Waals surface area contributed by atoms with E-state index in [9.17, 15) is 14.7 Å². The summed E-state index contributed by atoms with van der Waals surface area (Å²) >= 11 is 0. The van der Waals surface area contributed by atoms with Crippen molar-refractivity contribution in [2.45, 2.75) is 32.1 Å². The number of anilines is 2. The number of fused-ring (bicyclic) bond motifs is 1. The van der Waals surface area contributed by atoms with Gasteiger partial charge in [-0.2, -0.15) is 9.97 Å². The van der Waals surface area contributed by atoms with Crippen molar-refractivity contribution in [1.82, 2.24) is 19.9 Å². The molecule has 1 saturated heterocycles. The number of aromatic nitrogens is 4. The fraction of sp³-hybridized carbons (Fsp3) is 0.368. The summed E-state index contributed by atoms with van der Waals surface area (Å²) in [6.45, 7) is 3.80. The molecular weight excluding hydrogens is 376 g/mol. The molecule has 2 atom stereocenters. The van der Waals surface area contributed by atoms with E-state index in [1.54, 1.807) is 0 Å². The molecule has 4 rings (SSSR count). The van der Waals surface area contributed by atoms with Crippen molar-refractivity contribution in [3.63, 3.8) is 0 Å². The molecule has 1 aliphatic carbocycles. The number of nitrogens with zero attached hydrogens (tertiary/aromatic N) is 4. The standard InChI is InChI=1S/C19H20N6O4/c1-9-6-19(17(28)29-9,11-4-2-10(3-5-11)16(26)27)7-12-8-22-15-13(23-12)14(20)24-18(21)25-15/h4,8,10H,1-3,5-7H2,(H,26,27)(H4,20,21,22,24,25). The van der Waals surface area contributed by atoms with E-state index in [2.05, 4.69) is 26.5 Å². The van der Waals surface area contributed by atoms with Gasteiger partial charge in [0, 0.05) is 12.8 Å². The molecule has 0 saturated carbocycles. The average Bonchev–Trinajstić information content (AvgIpc) is 2.96. The highest BCUT2D eigenvalue weighted by Crippen LogP contribution is 2.48. The van der Waals surface area contributed by atoms with Crippen LogP contribution < -0.4 is 11.5 Å². The van der Waals surface area contributed by atoms with Crippen molar-refractivity contribution >= 4 is 34.9 Å². The Hall–Kier alpha value is -3.56. The molecular formula is C19H20N6O4. The Morgan fingerprint density at radius 1 is 1.34 bits per heavy atom. The molecule has 29 heavy (non-hydrogen) atoms. The first kappa shape index (κ1) is 18.8. The maximum Gasteiger partial charge on any atom is 0.322 e. The molecule has 150 valence electrons. The highest BCUT2D eigenvalue weighted by Gasteiger charge is 2.50. The number of carbonyl (C=O) groups excluding carboxylic acids is 1. The summed E-state index contributed by atoms with van der Waals surface area (Å²) in [5.41, 5.74) is 12.5. The van der Waals surface area contributed by atoms with Gasteiger partial charge in [-0.25, -0.2) is 9.97 Å². The number of carboxylic acid groups (broad SMARTS) is 1. The van der Waals surface area contributed by atoms with Crippen LogP contribution in [0.1, 0.15) is 31.4 Å². The Balaban J connectivity index is 1.72. The smallest absolute Gasteiger partial charge is 0.322 e. The first-order valence-corrected chi connectivity index (χ1v) is 9.15. The number of nitrogen functional groups attached to an aromatic ring is 2. The summed E-state index contributed by atoms with van der Waals surface area (Å²) in [7, 11) is 0. The Labute approximate surface area is 165 Å². The first-order valence-electron chi connectivity index (χ1n) is 9.15. The second-order valence-electron chi connectivity index (χ2n) is 7.40. The molecule has 3 heterocycles. The van der Waals surface area contributed by atoms with Gasteiger partial charge in [0.25, 0.3) is 0 Å². The molecule has 10 nitrogen and oxygen atoms in total. The van der Waals surface area contributed by atoms with Crippen molar-refractivity contribution in [2.75, 3.05) is 11.5 Å². The van der Waals surface area contributed by atoms with Gasteiger partial charge in [-0.3, -0.25) is 9.59 Å². The van der Waals surface area contributed by atoms with Crippen LogP contribution in [-0.4, -0.2) is 37.0 Å². The number of carbonyl (C=O) groups is 2. The quantitative estimate of drug-likeness (QED) is 0.507. The summed E-state index contributed by atoms with van der Waals surface area (Å²) < 4.78 is 5.30. The highest BCUT2D eigenvalue weighted by atomic mass is 16.5. The normalized spacial score (nSPS) is 24.4. The molecule has 2 aromatic heterocycles. The van der Waals surface area contributed by atoms with E-state index >= 15 is 0 Å². The number of hydrogen-bond donors (Lipinski definition) is 3. The van der Waals surface area contributed by atoms with Gasteiger partial charge in [-0.05, 0) is 19.3 Å². The number of cyclic esters (lactones) is 1. The maximum absolute atomic E-state index is 12.8. The zero-order valence-electron chi connectivity index (χ0n) is 15.6. The lowest BCUT2D eigenvalue weighted by Crippen LogP contribution is -2.34. The highest BCUT2D eigenvalue weighted by molar-refractivity contribution is 5.85. The average molecular weight is 396 g/mol. The fourth-order valence-corrected chi connectivity index (χ4v) is 4.04. The van der Waals surface area contributed by atoms with Crippen LogP contribution in [0.2, 0.25) is 0 Å². The van der Waals surface area contributed by atoms with Gasteiger partial charge < -0.3 is 21.3 Å². The van der Waals surface area contributed by atoms with E-state index < -0.39 is 23.3 Å². The second-order valence-corrected chi connectivity index (χ2v) is 7.40. The minimum Gasteiger partial charge on any atom is -0.481 e. The summed E-state index contributed by atoms with van der Waals surface area (Å²) in [5.74, 6) is -1.20. The monoisotopic (exact) mass is 396 g/mol. The maximum atomic E-state index is 12.8. The van der Waals surface area contributed by atoms with Crippen molar-refractivity contribution in [2.24, 2.45) is 11.3 Å². The lowest BCUT2D eigenvalue weighted by Gasteiger charge is -2.31. The minimum absolute atomic E-state index is 0.00420. The number of hydrogen-bond acceptors (Lipinski definition) is 9. The molecule has 0 aromatic carbocycles. The van der Waals surface area contributed by atoms with Gasteiger partial charge in [0.15, 0.2) is 17.0 Å². The molecule has 1 fully saturated rings. The topological polar surface area (TPSA) is 167 Å². The van der Waals surface area contributed by atoms with Crippen molar-refractivity contribution in [1.29, 1.82) is 0 Å². The zero-order valence-corrected chi connectivity index (χ0v) is 15.6. The van der Waals surface area contributed by atoms with Gasteiger partial charge in [-0.15, -0.1) is 0 Å². The van der Waals surface area contributed by atoms with E-state index in [1.165, 1.54) is 6.20 Å². The Kier molecular flexibility index (Phi) is 4.40. The minimum atomic E-state index is -0.980. The van der Waals surface area contributed by atoms with Crippen LogP contribution in [-0.2, 0) is 20.7 Å². The van der Waals surface area contributed by atoms with Crippen LogP contribution in [0.25, 0.3) is 11.2 Å². The van der Waals surface area contributed by atoms with Crippen molar-refractivity contribution in [3.8, 4) is 0 Å². The Morgan fingerprint density at radius 3 is 2.76 bits per heavy atom. The van der Waals surface area contributed by atoms with Gasteiger partial charge in [0.1, 0.15) is 11.2 Å². The number of carboxylic acids is 1. The third-order valence-corrected chi connectivity index (χ3v) is 5.49. The largest absolute Gasteiger partial charge is 0.481 e. The van der Waals surface area contributed by atoms with Crippen molar-refractivity contribution < 1.29 is 19.4 Å². The number of aliphatic carboxylic acids is 1. The Morgan fingerprint density at radius 2 is 2.14 bits per heavy atom. The lowest BCUT2D eigenvalue weighted by molar-refractivity contribution is -0.142. The number of allylic oxidation sites excluding steroid dienone is 2. The molecule has 1 aliphatic heterocycles. The predicted octanol–water partition coefficient (Wildman–Crippen LogP) is 1.38. The fourth-order valence-electron chi connectivity index (χ4n) is 4.04. The zero-order chi connectivity index (χ0) is 20.8. The second kappa shape index (κ2) is 6.80. The molecule has 2 aromatic rings. The molecule has 5 N–H and O–H groups in total. The summed E-state index contributed by atoms with van der Waals surface area (Å²) in [6.07, 6.45) is 5.22. The van der Waals surface area contributed by atoms with Crippen molar-refractivity contribution in [3.05, 3.63) is 35.9 Å². The molecule has 0 bridgehead atoms. The molecule has 0 spiro atoms. The van der Waals surface area contributed by atoms with E-state index in [-0.39, 0.29) is 23.8 Å². The summed E-state index contributed by atoms with van der Waals surface area (Å²) in [4.78, 5) is 40.8. The third-order valence-electron chi connectivity index (χ3n) is 5.49. The van der Waals surface area contributed by atoms with Crippen LogP contribution >= 0.6 is 0 Å². The molecule has 2 unspecified atom stereocenters. The van der Waals surface area contributed by atoms with Gasteiger partial charge in [-0.1, -0.05) is 18.2 Å². The van der Waals surface area contributed by atoms with E-state index in [1.807, 2.05) is 6.08 Å². The summed E-state index contributed by atoms with van der Waals surface area (Å²) in [5, 5.41) is 9.24. The van der Waals surface area contributed by atoms with Crippen LogP contribution in [0, 0.1) is 11.3 Å². The van der Waals surface area contributed by atoms with E-state index in [0.717, 1.165) is 5.57 Å². The van der Waals surface area contributed by atoms with Crippen LogP contribution in [0.5, 0.6) is 0 Å². The van der Waals surface area contributed by atoms with Crippen LogP contribution in [0.15, 0.2) is 30.2 Å². The lowest BCUT2D eigenvalue weighted by atomic mass is 9.70. The Bertz CT molecular complexity index is 1080. The van der Waals surface area contributed by atoms with Crippen LogP contribution in [0.4, 0.5) is 11.8 Å². The SMILES string of the molecule is C=C1CC(Cc2cnc3nc(N)nc(N)c3n2)(C2=CCC(C(=O)O)CC2)C(=O)O1. The van der Waals surface area contributed by atoms with E-state index in [0.29, 0.717) is 42.7 Å². The summed E-state index contributed by atoms with van der Waals surface area (Å²) in [6, 6.07) is 0. The van der Waals surface area contributed by atoms with Gasteiger partial charge in [0.05, 0.1) is 17.8 Å². The predicted molar refractivity (Wildman–Crippen MR) is 103 cm³/mol. The molecule has 2 aliphatic rings. The first-order chi connectivity index (χ1) is 13.8. The number of rotatable bonds is 4. The number of nitrogens with two attached hydrogens (primary N) is 2. The number of ether oxygens (including phenoxy) is 1. The molecule has 0 amide bonds.